The molecule has 0 aliphatic heterocycles. The molecule has 0 aliphatic rings. The van der Waals surface area contributed by atoms with Crippen LogP contribution < -0.4 is 5.32 Å². The first-order valence-electron chi connectivity index (χ1n) is 6.86. The molecule has 1 heterocycles. The number of hydrogen-bond donors (Lipinski definition) is 1. The highest BCUT2D eigenvalue weighted by Gasteiger charge is 2.02. The van der Waals surface area contributed by atoms with Gasteiger partial charge >= 0.3 is 0 Å². The molecule has 0 saturated heterocycles. The molecular formula is C18H18N2OS. The lowest BCUT2D eigenvalue weighted by Crippen LogP contribution is -1.95. The number of carbonyl (C=O) groups is 1. The molecule has 0 fully saturated rings. The molecule has 4 heteroatoms. The van der Waals surface area contributed by atoms with Crippen LogP contribution in [0.3, 0.4) is 0 Å². The van der Waals surface area contributed by atoms with Gasteiger partial charge in [0.25, 0.3) is 0 Å². The first kappa shape index (κ1) is 16.0. The second kappa shape index (κ2) is 7.61. The maximum Gasteiger partial charge on any atom is 0.150 e. The van der Waals surface area contributed by atoms with Gasteiger partial charge < -0.3 is 5.32 Å². The van der Waals surface area contributed by atoms with Crippen molar-refractivity contribution in [3.63, 3.8) is 0 Å². The van der Waals surface area contributed by atoms with E-state index in [-0.39, 0.29) is 0 Å². The summed E-state index contributed by atoms with van der Waals surface area (Å²) in [5, 5.41) is 5.99. The molecule has 1 N–H and O–H groups in total. The third kappa shape index (κ3) is 4.33. The molecule has 0 saturated carbocycles. The molecule has 2 rings (SSSR count). The molecule has 0 amide bonds. The maximum absolute atomic E-state index is 10.9. The second-order valence-electron chi connectivity index (χ2n) is 4.87. The smallest absolute Gasteiger partial charge is 0.150 e. The number of hydrogen-bond acceptors (Lipinski definition) is 4. The molecule has 0 aliphatic carbocycles. The van der Waals surface area contributed by atoms with Gasteiger partial charge in [-0.05, 0) is 48.1 Å². The summed E-state index contributed by atoms with van der Waals surface area (Å²) >= 11 is 1.51. The fourth-order valence-corrected chi connectivity index (χ4v) is 2.51. The Kier molecular flexibility index (Phi) is 5.55. The molecule has 1 aromatic carbocycles. The summed E-state index contributed by atoms with van der Waals surface area (Å²) in [6.07, 6.45) is 2.62. The molecule has 0 unspecified atom stereocenters. The van der Waals surface area contributed by atoms with Crippen molar-refractivity contribution in [1.82, 2.24) is 4.98 Å². The summed E-state index contributed by atoms with van der Waals surface area (Å²) in [6.45, 7) is 7.96. The van der Waals surface area contributed by atoms with E-state index >= 15 is 0 Å². The molecule has 112 valence electrons. The van der Waals surface area contributed by atoms with Crippen LogP contribution in [0.2, 0.25) is 0 Å². The fraction of sp³-hybridized carbons (Fsp3) is 0.111. The zero-order chi connectivity index (χ0) is 15.9. The van der Waals surface area contributed by atoms with Gasteiger partial charge in [-0.15, -0.1) is 0 Å². The van der Waals surface area contributed by atoms with Gasteiger partial charge in [0.05, 0.1) is 5.03 Å². The van der Waals surface area contributed by atoms with E-state index in [1.807, 2.05) is 55.7 Å². The average molecular weight is 310 g/mol. The number of thioether (sulfide) groups is 1. The number of benzene rings is 1. The molecule has 22 heavy (non-hydrogen) atoms. The van der Waals surface area contributed by atoms with E-state index in [4.69, 9.17) is 0 Å². The monoisotopic (exact) mass is 310 g/mol. The second-order valence-corrected chi connectivity index (χ2v) is 5.84. The number of aryl methyl sites for hydroxylation is 1. The standard InChI is InChI=1S/C18H18N2OS/c1-13-10-16(7-8-17(13)11-21)14(2)12-22-15(3)20-18-6-4-5-9-19-18/h4-12H,3H2,1-2H3,(H,19,20)/b14-12+. The van der Waals surface area contributed by atoms with E-state index in [1.54, 1.807) is 6.20 Å². The van der Waals surface area contributed by atoms with Gasteiger partial charge in [-0.2, -0.15) is 0 Å². The Labute approximate surface area is 135 Å². The SMILES string of the molecule is C=C(Nc1ccccn1)S/C=C(\C)c1ccc(C=O)c(C)c1. The fourth-order valence-electron chi connectivity index (χ4n) is 1.89. The Hall–Kier alpha value is -2.33. The van der Waals surface area contributed by atoms with Crippen LogP contribution in [0.4, 0.5) is 5.82 Å². The minimum Gasteiger partial charge on any atom is -0.335 e. The molecular weight excluding hydrogens is 292 g/mol. The first-order valence-corrected chi connectivity index (χ1v) is 7.74. The summed E-state index contributed by atoms with van der Waals surface area (Å²) in [5.41, 5.74) is 3.93. The van der Waals surface area contributed by atoms with Crippen molar-refractivity contribution in [3.8, 4) is 0 Å². The molecule has 0 atom stereocenters. The van der Waals surface area contributed by atoms with Crippen LogP contribution in [-0.4, -0.2) is 11.3 Å². The van der Waals surface area contributed by atoms with Gasteiger partial charge in [0, 0.05) is 11.8 Å². The molecule has 2 aromatic rings. The average Bonchev–Trinajstić information content (AvgIpc) is 2.53. The number of aldehydes is 1. The predicted molar refractivity (Wildman–Crippen MR) is 94.8 cm³/mol. The zero-order valence-corrected chi connectivity index (χ0v) is 13.5. The zero-order valence-electron chi connectivity index (χ0n) is 12.7. The Bertz CT molecular complexity index is 708. The van der Waals surface area contributed by atoms with Crippen LogP contribution in [0.1, 0.15) is 28.4 Å². The Morgan fingerprint density at radius 3 is 2.77 bits per heavy atom. The van der Waals surface area contributed by atoms with Crippen molar-refractivity contribution in [2.24, 2.45) is 0 Å². The van der Waals surface area contributed by atoms with Gasteiger partial charge in [-0.1, -0.05) is 42.6 Å². The van der Waals surface area contributed by atoms with Crippen LogP contribution in [0.5, 0.6) is 0 Å². The normalized spacial score (nSPS) is 11.1. The molecule has 1 aromatic heterocycles. The van der Waals surface area contributed by atoms with Crippen LogP contribution in [0.15, 0.2) is 59.6 Å². The predicted octanol–water partition coefficient (Wildman–Crippen LogP) is 4.88. The van der Waals surface area contributed by atoms with E-state index in [9.17, 15) is 4.79 Å². The summed E-state index contributed by atoms with van der Waals surface area (Å²) in [6, 6.07) is 11.5. The van der Waals surface area contributed by atoms with Crippen molar-refractivity contribution in [2.45, 2.75) is 13.8 Å². The van der Waals surface area contributed by atoms with Crippen molar-refractivity contribution in [1.29, 1.82) is 0 Å². The Balaban J connectivity index is 2.01. The largest absolute Gasteiger partial charge is 0.335 e. The third-order valence-electron chi connectivity index (χ3n) is 3.16. The van der Waals surface area contributed by atoms with Gasteiger partial charge in [0.2, 0.25) is 0 Å². The summed E-state index contributed by atoms with van der Waals surface area (Å²) < 4.78 is 0. The van der Waals surface area contributed by atoms with E-state index in [0.29, 0.717) is 0 Å². The van der Waals surface area contributed by atoms with Crippen LogP contribution >= 0.6 is 11.8 Å². The quantitative estimate of drug-likeness (QED) is 0.772. The Morgan fingerprint density at radius 1 is 1.32 bits per heavy atom. The van der Waals surface area contributed by atoms with Crippen molar-refractivity contribution >= 4 is 29.4 Å². The highest BCUT2D eigenvalue weighted by Crippen LogP contribution is 2.24. The molecule has 0 radical (unpaired) electrons. The van der Waals surface area contributed by atoms with E-state index in [2.05, 4.69) is 16.9 Å². The lowest BCUT2D eigenvalue weighted by molar-refractivity contribution is 0.112. The van der Waals surface area contributed by atoms with Crippen molar-refractivity contribution in [3.05, 3.63) is 76.3 Å². The highest BCUT2D eigenvalue weighted by atomic mass is 32.2. The number of carbonyl (C=O) groups excluding carboxylic acids is 1. The first-order chi connectivity index (χ1) is 10.6. The number of anilines is 1. The van der Waals surface area contributed by atoms with Crippen LogP contribution in [0, 0.1) is 6.92 Å². The number of rotatable bonds is 6. The van der Waals surface area contributed by atoms with Gasteiger partial charge in [0.15, 0.2) is 0 Å². The lowest BCUT2D eigenvalue weighted by Gasteiger charge is -2.08. The minimum absolute atomic E-state index is 0.727. The molecule has 0 spiro atoms. The highest BCUT2D eigenvalue weighted by molar-refractivity contribution is 8.06. The molecule has 0 bridgehead atoms. The number of allylic oxidation sites excluding steroid dienone is 1. The summed E-state index contributed by atoms with van der Waals surface area (Å²) in [5.74, 6) is 0.775. The maximum atomic E-state index is 10.9. The van der Waals surface area contributed by atoms with Crippen LogP contribution in [0.25, 0.3) is 5.57 Å². The van der Waals surface area contributed by atoms with Gasteiger partial charge in [-0.25, -0.2) is 4.98 Å². The van der Waals surface area contributed by atoms with Crippen molar-refractivity contribution in [2.75, 3.05) is 5.32 Å². The van der Waals surface area contributed by atoms with Gasteiger partial charge in [0.1, 0.15) is 12.1 Å². The van der Waals surface area contributed by atoms with Gasteiger partial charge in [-0.3, -0.25) is 4.79 Å². The van der Waals surface area contributed by atoms with E-state index in [1.165, 1.54) is 11.8 Å². The topological polar surface area (TPSA) is 42.0 Å². The number of nitrogens with one attached hydrogen (secondary N) is 1. The minimum atomic E-state index is 0.727. The Morgan fingerprint density at radius 2 is 2.14 bits per heavy atom. The summed E-state index contributed by atoms with van der Waals surface area (Å²) in [7, 11) is 0. The number of aromatic nitrogens is 1. The number of pyridine rings is 1. The number of nitrogens with zero attached hydrogens (tertiary/aromatic N) is 1. The summed E-state index contributed by atoms with van der Waals surface area (Å²) in [4.78, 5) is 15.0. The third-order valence-corrected chi connectivity index (χ3v) is 4.02. The van der Waals surface area contributed by atoms with Crippen LogP contribution in [-0.2, 0) is 0 Å². The molecule has 3 nitrogen and oxygen atoms in total. The van der Waals surface area contributed by atoms with Crippen molar-refractivity contribution < 1.29 is 4.79 Å². The van der Waals surface area contributed by atoms with E-state index < -0.39 is 0 Å². The lowest BCUT2D eigenvalue weighted by atomic mass is 10.0. The van der Waals surface area contributed by atoms with E-state index in [0.717, 1.165) is 39.4 Å².